The highest BCUT2D eigenvalue weighted by molar-refractivity contribution is 5.66. The van der Waals surface area contributed by atoms with Gasteiger partial charge in [0.25, 0.3) is 0 Å². The molecule has 2 aliphatic rings. The van der Waals surface area contributed by atoms with E-state index in [1.165, 1.54) is 82.6 Å². The molecular weight excluding hydrogens is 300 g/mol. The second kappa shape index (κ2) is 9.60. The van der Waals surface area contributed by atoms with Gasteiger partial charge in [0.05, 0.1) is 0 Å². The highest BCUT2D eigenvalue weighted by Crippen LogP contribution is 2.38. The van der Waals surface area contributed by atoms with Gasteiger partial charge in [-0.05, 0) is 79.4 Å². The van der Waals surface area contributed by atoms with Crippen LogP contribution in [0.1, 0.15) is 108 Å². The van der Waals surface area contributed by atoms with Crippen LogP contribution < -0.4 is 0 Å². The van der Waals surface area contributed by atoms with Gasteiger partial charge in [0.15, 0.2) is 0 Å². The van der Waals surface area contributed by atoms with E-state index in [4.69, 9.17) is 0 Å². The second-order valence-corrected chi connectivity index (χ2v) is 8.64. The van der Waals surface area contributed by atoms with Crippen molar-refractivity contribution in [2.24, 2.45) is 11.8 Å². The molecule has 1 aromatic rings. The van der Waals surface area contributed by atoms with Crippen molar-refractivity contribution in [3.63, 3.8) is 0 Å². The van der Waals surface area contributed by atoms with Gasteiger partial charge < -0.3 is 0 Å². The molecule has 0 spiro atoms. The molecule has 1 unspecified atom stereocenters. The number of hydrogen-bond donors (Lipinski definition) is 0. The Balaban J connectivity index is 1.53. The zero-order chi connectivity index (χ0) is 17.5. The second-order valence-electron chi connectivity index (χ2n) is 8.64. The molecule has 1 atom stereocenters. The largest absolute Gasteiger partial charge is 0.0804 e. The first-order valence-corrected chi connectivity index (χ1v) is 11.1. The monoisotopic (exact) mass is 338 g/mol. The van der Waals surface area contributed by atoms with Crippen molar-refractivity contribution in [1.29, 1.82) is 0 Å². The van der Waals surface area contributed by atoms with Crippen molar-refractivity contribution >= 4 is 5.57 Å². The van der Waals surface area contributed by atoms with Crippen molar-refractivity contribution < 1.29 is 0 Å². The average molecular weight is 339 g/mol. The Hall–Kier alpha value is -1.04. The van der Waals surface area contributed by atoms with Gasteiger partial charge in [-0.1, -0.05) is 76.3 Å². The summed E-state index contributed by atoms with van der Waals surface area (Å²) in [5, 5.41) is 0. The quantitative estimate of drug-likeness (QED) is 0.470. The molecule has 1 saturated carbocycles. The van der Waals surface area contributed by atoms with Gasteiger partial charge in [-0.25, -0.2) is 0 Å². The first-order valence-electron chi connectivity index (χ1n) is 11.1. The van der Waals surface area contributed by atoms with E-state index >= 15 is 0 Å². The molecule has 0 aliphatic heterocycles. The molecule has 0 amide bonds. The van der Waals surface area contributed by atoms with E-state index in [0.29, 0.717) is 0 Å². The minimum absolute atomic E-state index is 0.821. The Kier molecular flexibility index (Phi) is 7.20. The van der Waals surface area contributed by atoms with Gasteiger partial charge in [-0.2, -0.15) is 0 Å². The molecule has 138 valence electrons. The van der Waals surface area contributed by atoms with Gasteiger partial charge in [0.2, 0.25) is 0 Å². The third-order valence-corrected chi connectivity index (χ3v) is 6.78. The lowest BCUT2D eigenvalue weighted by molar-refractivity contribution is 0.304. The van der Waals surface area contributed by atoms with Crippen LogP contribution in [0.4, 0.5) is 0 Å². The summed E-state index contributed by atoms with van der Waals surface area (Å²) in [4.78, 5) is 0. The van der Waals surface area contributed by atoms with Gasteiger partial charge in [-0.3, -0.25) is 0 Å². The smallest absolute Gasteiger partial charge is 0.0162 e. The lowest BCUT2D eigenvalue weighted by Gasteiger charge is -2.29. The Morgan fingerprint density at radius 3 is 2.16 bits per heavy atom. The third kappa shape index (κ3) is 5.22. The number of rotatable bonds is 7. The number of allylic oxidation sites excluding steroid dienone is 2. The maximum absolute atomic E-state index is 2.53. The van der Waals surface area contributed by atoms with Crippen molar-refractivity contribution in [2.45, 2.75) is 96.8 Å². The van der Waals surface area contributed by atoms with Crippen LogP contribution in [0, 0.1) is 11.8 Å². The van der Waals surface area contributed by atoms with Gasteiger partial charge >= 0.3 is 0 Å². The summed E-state index contributed by atoms with van der Waals surface area (Å²) in [6, 6.07) is 9.69. The molecule has 0 heteroatoms. The fourth-order valence-electron chi connectivity index (χ4n) is 5.07. The summed E-state index contributed by atoms with van der Waals surface area (Å²) in [6.45, 7) is 4.63. The van der Waals surface area contributed by atoms with E-state index < -0.39 is 0 Å². The van der Waals surface area contributed by atoms with Crippen LogP contribution in [0.3, 0.4) is 0 Å². The summed E-state index contributed by atoms with van der Waals surface area (Å²) >= 11 is 0. The number of hydrogen-bond acceptors (Lipinski definition) is 0. The molecule has 1 aromatic carbocycles. The summed E-state index contributed by atoms with van der Waals surface area (Å²) < 4.78 is 0. The Morgan fingerprint density at radius 1 is 0.800 bits per heavy atom. The Bertz CT molecular complexity index is 528. The van der Waals surface area contributed by atoms with Crippen LogP contribution >= 0.6 is 0 Å². The Labute approximate surface area is 156 Å². The zero-order valence-corrected chi connectivity index (χ0v) is 16.6. The lowest BCUT2D eigenvalue weighted by atomic mass is 9.76. The van der Waals surface area contributed by atoms with Crippen molar-refractivity contribution in [1.82, 2.24) is 0 Å². The third-order valence-electron chi connectivity index (χ3n) is 6.78. The summed E-state index contributed by atoms with van der Waals surface area (Å²) in [5.41, 5.74) is 4.68. The summed E-state index contributed by atoms with van der Waals surface area (Å²) in [6.07, 6.45) is 19.2. The molecule has 2 aliphatic carbocycles. The van der Waals surface area contributed by atoms with E-state index in [1.807, 2.05) is 0 Å². The summed E-state index contributed by atoms with van der Waals surface area (Å²) in [7, 11) is 0. The lowest BCUT2D eigenvalue weighted by Crippen LogP contribution is -2.13. The van der Waals surface area contributed by atoms with Gasteiger partial charge in [0.1, 0.15) is 0 Å². The van der Waals surface area contributed by atoms with Crippen LogP contribution in [0.5, 0.6) is 0 Å². The molecule has 0 heterocycles. The molecule has 1 fully saturated rings. The van der Waals surface area contributed by atoms with Crippen LogP contribution in [-0.4, -0.2) is 0 Å². The summed E-state index contributed by atoms with van der Waals surface area (Å²) in [5.74, 6) is 2.77. The number of unbranched alkanes of at least 4 members (excludes halogenated alkanes) is 1. The van der Waals surface area contributed by atoms with E-state index in [-0.39, 0.29) is 0 Å². The molecule has 0 saturated heterocycles. The topological polar surface area (TPSA) is 0 Å². The van der Waals surface area contributed by atoms with Crippen LogP contribution in [-0.2, 0) is 0 Å². The van der Waals surface area contributed by atoms with Crippen molar-refractivity contribution in [3.8, 4) is 0 Å². The molecule has 0 bridgehead atoms. The molecule has 0 nitrogen and oxygen atoms in total. The van der Waals surface area contributed by atoms with Crippen LogP contribution in [0.2, 0.25) is 0 Å². The fourth-order valence-corrected chi connectivity index (χ4v) is 5.07. The predicted molar refractivity (Wildman–Crippen MR) is 111 cm³/mol. The molecular formula is C25H38. The minimum Gasteiger partial charge on any atom is -0.0804 e. The molecule has 0 radical (unpaired) electrons. The highest BCUT2D eigenvalue weighted by Gasteiger charge is 2.22. The van der Waals surface area contributed by atoms with Crippen molar-refractivity contribution in [3.05, 3.63) is 41.5 Å². The maximum Gasteiger partial charge on any atom is -0.0162 e. The van der Waals surface area contributed by atoms with Crippen LogP contribution in [0.15, 0.2) is 30.3 Å². The molecule has 0 aromatic heterocycles. The van der Waals surface area contributed by atoms with E-state index in [2.05, 4.69) is 44.2 Å². The minimum atomic E-state index is 0.821. The average Bonchev–Trinajstić information content (AvgIpc) is 2.68. The maximum atomic E-state index is 2.53. The SMILES string of the molecule is CCCCC1CCC(c2ccc(C3=CCC(CCC)CC3)cc2)CC1. The van der Waals surface area contributed by atoms with E-state index in [9.17, 15) is 0 Å². The zero-order valence-electron chi connectivity index (χ0n) is 16.6. The molecule has 0 N–H and O–H groups in total. The standard InChI is InChI=1S/C25H38/c1-3-5-7-21-10-14-23(15-11-21)25-18-16-24(17-19-25)22-12-8-20(6-4-2)9-13-22/h12,16-21,23H,3-11,13-15H2,1-2H3. The van der Waals surface area contributed by atoms with E-state index in [1.54, 1.807) is 11.1 Å². The Morgan fingerprint density at radius 2 is 1.56 bits per heavy atom. The van der Waals surface area contributed by atoms with Gasteiger partial charge in [-0.15, -0.1) is 0 Å². The first kappa shape index (κ1) is 18.7. The highest BCUT2D eigenvalue weighted by atomic mass is 14.3. The predicted octanol–water partition coefficient (Wildman–Crippen LogP) is 8.13. The number of benzene rings is 1. The van der Waals surface area contributed by atoms with Crippen LogP contribution in [0.25, 0.3) is 5.57 Å². The van der Waals surface area contributed by atoms with Crippen molar-refractivity contribution in [2.75, 3.05) is 0 Å². The normalized spacial score (nSPS) is 27.1. The van der Waals surface area contributed by atoms with E-state index in [0.717, 1.165) is 17.8 Å². The molecule has 3 rings (SSSR count). The first-order chi connectivity index (χ1) is 12.3. The molecule has 25 heavy (non-hydrogen) atoms. The van der Waals surface area contributed by atoms with Gasteiger partial charge in [0, 0.05) is 0 Å². The fraction of sp³-hybridized carbons (Fsp3) is 0.680.